The number of hydrogen-bond donors (Lipinski definition) is 2. The number of para-hydroxylation sites is 2. The third-order valence-electron chi connectivity index (χ3n) is 3.92. The van der Waals surface area contributed by atoms with Crippen molar-refractivity contribution < 1.29 is 18.9 Å². The second-order valence-corrected chi connectivity index (χ2v) is 6.83. The number of halogens is 1. The van der Waals surface area contributed by atoms with Crippen LogP contribution in [0.25, 0.3) is 0 Å². The van der Waals surface area contributed by atoms with Crippen LogP contribution in [0.15, 0.2) is 46.9 Å². The molecule has 0 unspecified atom stereocenters. The van der Waals surface area contributed by atoms with Gasteiger partial charge in [-0.3, -0.25) is 0 Å². The molecule has 0 radical (unpaired) electrons. The lowest BCUT2D eigenvalue weighted by atomic mass is 10.3. The standard InChI is InChI=1S/C20H25BrN2O4/c21-16-5-6-18-20(15-16)27-14-13-26-19-4-2-1-3-17(19)22-7-9-24-11-12-25-10-8-23-18/h1-6,15,22-23H,7-14H2. The smallest absolute Gasteiger partial charge is 0.143 e. The molecule has 7 heteroatoms. The highest BCUT2D eigenvalue weighted by atomic mass is 79.9. The molecule has 0 bridgehead atoms. The first-order chi connectivity index (χ1) is 13.3. The molecule has 0 fully saturated rings. The fourth-order valence-electron chi connectivity index (χ4n) is 2.64. The Morgan fingerprint density at radius 2 is 1.30 bits per heavy atom. The minimum atomic E-state index is 0.444. The molecule has 0 saturated heterocycles. The zero-order chi connectivity index (χ0) is 18.7. The van der Waals surface area contributed by atoms with Crippen molar-refractivity contribution in [2.75, 3.05) is 63.4 Å². The van der Waals surface area contributed by atoms with E-state index < -0.39 is 0 Å². The van der Waals surface area contributed by atoms with Crippen LogP contribution >= 0.6 is 15.9 Å². The van der Waals surface area contributed by atoms with Crippen LogP contribution in [0.2, 0.25) is 0 Å². The molecule has 0 aliphatic carbocycles. The summed E-state index contributed by atoms with van der Waals surface area (Å²) >= 11 is 3.49. The first kappa shape index (κ1) is 19.8. The summed E-state index contributed by atoms with van der Waals surface area (Å²) in [6.07, 6.45) is 0. The van der Waals surface area contributed by atoms with Gasteiger partial charge in [0.15, 0.2) is 0 Å². The van der Waals surface area contributed by atoms with Crippen molar-refractivity contribution in [2.24, 2.45) is 0 Å². The predicted molar refractivity (Wildman–Crippen MR) is 110 cm³/mol. The fraction of sp³-hybridized carbons (Fsp3) is 0.400. The SMILES string of the molecule is Brc1ccc2c(c1)OCCOc1ccccc1NCCOCCOCCN2. The summed E-state index contributed by atoms with van der Waals surface area (Å²) in [5.41, 5.74) is 1.88. The van der Waals surface area contributed by atoms with E-state index in [9.17, 15) is 0 Å². The third-order valence-corrected chi connectivity index (χ3v) is 4.42. The van der Waals surface area contributed by atoms with E-state index in [0.29, 0.717) is 52.7 Å². The molecule has 3 rings (SSSR count). The first-order valence-electron chi connectivity index (χ1n) is 9.10. The van der Waals surface area contributed by atoms with Gasteiger partial charge in [-0.25, -0.2) is 0 Å². The van der Waals surface area contributed by atoms with Crippen LogP contribution in [0.1, 0.15) is 0 Å². The third kappa shape index (κ3) is 6.61. The van der Waals surface area contributed by atoms with Crippen LogP contribution in [0.4, 0.5) is 11.4 Å². The van der Waals surface area contributed by atoms with Crippen LogP contribution in [-0.2, 0) is 9.47 Å². The number of fused-ring (bicyclic) bond motifs is 2. The van der Waals surface area contributed by atoms with Crippen LogP contribution in [0.5, 0.6) is 11.5 Å². The van der Waals surface area contributed by atoms with Gasteiger partial charge in [0.05, 0.1) is 37.8 Å². The average Bonchev–Trinajstić information content (AvgIpc) is 2.68. The minimum Gasteiger partial charge on any atom is -0.488 e. The molecule has 0 spiro atoms. The molecule has 1 heterocycles. The predicted octanol–water partition coefficient (Wildman–Crippen LogP) is 3.78. The largest absolute Gasteiger partial charge is 0.488 e. The molecule has 146 valence electrons. The second kappa shape index (κ2) is 11.0. The van der Waals surface area contributed by atoms with Crippen molar-refractivity contribution >= 4 is 27.3 Å². The van der Waals surface area contributed by atoms with Crippen molar-refractivity contribution in [3.05, 3.63) is 46.9 Å². The summed E-state index contributed by atoms with van der Waals surface area (Å²) in [7, 11) is 0. The minimum absolute atomic E-state index is 0.444. The highest BCUT2D eigenvalue weighted by Gasteiger charge is 2.07. The zero-order valence-corrected chi connectivity index (χ0v) is 16.8. The van der Waals surface area contributed by atoms with E-state index in [1.807, 2.05) is 42.5 Å². The Morgan fingerprint density at radius 3 is 2.04 bits per heavy atom. The molecule has 0 saturated carbocycles. The maximum Gasteiger partial charge on any atom is 0.143 e. The van der Waals surface area contributed by atoms with Gasteiger partial charge < -0.3 is 29.6 Å². The molecular formula is C20H25BrN2O4. The van der Waals surface area contributed by atoms with Gasteiger partial charge in [-0.05, 0) is 30.3 Å². The number of hydrogen-bond acceptors (Lipinski definition) is 6. The van der Waals surface area contributed by atoms with E-state index in [-0.39, 0.29) is 0 Å². The van der Waals surface area contributed by atoms with Gasteiger partial charge in [-0.2, -0.15) is 0 Å². The molecule has 0 aromatic heterocycles. The lowest BCUT2D eigenvalue weighted by molar-refractivity contribution is 0.0556. The summed E-state index contributed by atoms with van der Waals surface area (Å²) in [6.45, 7) is 4.67. The summed E-state index contributed by atoms with van der Waals surface area (Å²) in [6, 6.07) is 13.8. The number of nitrogens with one attached hydrogen (secondary N) is 2. The van der Waals surface area contributed by atoms with E-state index >= 15 is 0 Å². The number of ether oxygens (including phenoxy) is 4. The number of rotatable bonds is 0. The Hall–Kier alpha value is -1.96. The van der Waals surface area contributed by atoms with Gasteiger partial charge in [0.1, 0.15) is 24.7 Å². The molecule has 2 N–H and O–H groups in total. The molecule has 27 heavy (non-hydrogen) atoms. The van der Waals surface area contributed by atoms with E-state index in [1.54, 1.807) is 0 Å². The van der Waals surface area contributed by atoms with Crippen molar-refractivity contribution in [3.63, 3.8) is 0 Å². The summed E-state index contributed by atoms with van der Waals surface area (Å²) in [4.78, 5) is 0. The van der Waals surface area contributed by atoms with Crippen LogP contribution < -0.4 is 20.1 Å². The first-order valence-corrected chi connectivity index (χ1v) is 9.89. The Morgan fingerprint density at radius 1 is 0.667 bits per heavy atom. The average molecular weight is 437 g/mol. The van der Waals surface area contributed by atoms with Gasteiger partial charge in [-0.15, -0.1) is 0 Å². The van der Waals surface area contributed by atoms with E-state index in [2.05, 4.69) is 26.6 Å². The molecular weight excluding hydrogens is 412 g/mol. The van der Waals surface area contributed by atoms with Crippen LogP contribution in [0, 0.1) is 0 Å². The normalized spacial score (nSPS) is 16.8. The topological polar surface area (TPSA) is 61.0 Å². The lowest BCUT2D eigenvalue weighted by Gasteiger charge is -2.16. The van der Waals surface area contributed by atoms with Gasteiger partial charge in [0.25, 0.3) is 0 Å². The van der Waals surface area contributed by atoms with E-state index in [1.165, 1.54) is 0 Å². The summed E-state index contributed by atoms with van der Waals surface area (Å²) < 4.78 is 24.0. The maximum absolute atomic E-state index is 5.93. The van der Waals surface area contributed by atoms with Crippen molar-refractivity contribution in [2.45, 2.75) is 0 Å². The zero-order valence-electron chi connectivity index (χ0n) is 15.2. The summed E-state index contributed by atoms with van der Waals surface area (Å²) in [5, 5.41) is 6.69. The van der Waals surface area contributed by atoms with E-state index in [4.69, 9.17) is 18.9 Å². The van der Waals surface area contributed by atoms with Crippen molar-refractivity contribution in [3.8, 4) is 11.5 Å². The lowest BCUT2D eigenvalue weighted by Crippen LogP contribution is -2.17. The van der Waals surface area contributed by atoms with Crippen molar-refractivity contribution in [1.29, 1.82) is 0 Å². The molecule has 2 aromatic rings. The maximum atomic E-state index is 5.93. The van der Waals surface area contributed by atoms with Gasteiger partial charge in [0.2, 0.25) is 0 Å². The van der Waals surface area contributed by atoms with Gasteiger partial charge >= 0.3 is 0 Å². The molecule has 0 atom stereocenters. The molecule has 2 aromatic carbocycles. The number of anilines is 2. The molecule has 6 nitrogen and oxygen atoms in total. The Kier molecular flexibility index (Phi) is 8.07. The summed E-state index contributed by atoms with van der Waals surface area (Å²) in [5.74, 6) is 1.59. The molecule has 0 amide bonds. The fourth-order valence-corrected chi connectivity index (χ4v) is 2.98. The van der Waals surface area contributed by atoms with Crippen LogP contribution in [-0.4, -0.2) is 52.7 Å². The second-order valence-electron chi connectivity index (χ2n) is 5.91. The Bertz CT molecular complexity index is 714. The van der Waals surface area contributed by atoms with Gasteiger partial charge in [-0.1, -0.05) is 28.1 Å². The Balaban J connectivity index is 1.65. The number of benzene rings is 2. The molecule has 1 aliphatic heterocycles. The Labute approximate surface area is 168 Å². The van der Waals surface area contributed by atoms with Crippen LogP contribution in [0.3, 0.4) is 0 Å². The monoisotopic (exact) mass is 436 g/mol. The van der Waals surface area contributed by atoms with Crippen molar-refractivity contribution in [1.82, 2.24) is 0 Å². The quantitative estimate of drug-likeness (QED) is 0.655. The van der Waals surface area contributed by atoms with Gasteiger partial charge in [0, 0.05) is 17.6 Å². The highest BCUT2D eigenvalue weighted by molar-refractivity contribution is 9.10. The molecule has 1 aliphatic rings. The van der Waals surface area contributed by atoms with E-state index in [0.717, 1.165) is 27.3 Å². The highest BCUT2D eigenvalue weighted by Crippen LogP contribution is 2.28.